The zero-order chi connectivity index (χ0) is 37.7. The van der Waals surface area contributed by atoms with Gasteiger partial charge in [-0.1, -0.05) is 70.3 Å². The summed E-state index contributed by atoms with van der Waals surface area (Å²) in [6.45, 7) is 1.57. The first-order valence-electron chi connectivity index (χ1n) is 15.4. The second-order valence-electron chi connectivity index (χ2n) is 11.8. The van der Waals surface area contributed by atoms with Crippen molar-refractivity contribution in [2.45, 2.75) is 9.79 Å². The van der Waals surface area contributed by atoms with Crippen molar-refractivity contribution >= 4 is 103 Å². The van der Waals surface area contributed by atoms with Crippen LogP contribution in [0.3, 0.4) is 0 Å². The molecule has 2 heterocycles. The number of piperazine rings is 2. The molecule has 0 unspecified atom stereocenters. The predicted molar refractivity (Wildman–Crippen MR) is 203 cm³/mol. The van der Waals surface area contributed by atoms with Crippen LogP contribution in [0.1, 0.15) is 11.1 Å². The molecule has 0 aromatic heterocycles. The van der Waals surface area contributed by atoms with Gasteiger partial charge in [-0.05, 0) is 35.4 Å². The molecule has 0 aliphatic carbocycles. The van der Waals surface area contributed by atoms with Crippen molar-refractivity contribution in [1.82, 2.24) is 38.1 Å². The number of hydrazine groups is 2. The van der Waals surface area contributed by atoms with Crippen LogP contribution in [0.25, 0.3) is 12.2 Å². The van der Waals surface area contributed by atoms with E-state index >= 15 is 0 Å². The number of nitrogens with zero attached hydrogens (tertiary/aromatic N) is 6. The number of hydrogen-bond acceptors (Lipinski definition) is 9. The summed E-state index contributed by atoms with van der Waals surface area (Å²) in [4.78, 5) is 34.7. The summed E-state index contributed by atoms with van der Waals surface area (Å²) in [7, 11) is -1.04. The van der Waals surface area contributed by atoms with Crippen molar-refractivity contribution in [3.8, 4) is 0 Å². The van der Waals surface area contributed by atoms with E-state index < -0.39 is 20.4 Å². The maximum Gasteiger partial charge on any atom is 0.292 e. The molecule has 2 aromatic rings. The van der Waals surface area contributed by atoms with Crippen LogP contribution in [0.2, 0.25) is 20.1 Å². The summed E-state index contributed by atoms with van der Waals surface area (Å²) in [5.74, 6) is -0.580. The van der Waals surface area contributed by atoms with E-state index in [1.165, 1.54) is 42.5 Å². The summed E-state index contributed by atoms with van der Waals surface area (Å²) >= 11 is 27.6. The summed E-state index contributed by atoms with van der Waals surface area (Å²) in [6, 6.07) is 6.90. The third-order valence-corrected chi connectivity index (χ3v) is 14.0. The fraction of sp³-hybridized carbons (Fsp3) is 0.400. The molecule has 4 rings (SSSR count). The number of rotatable bonds is 12. The van der Waals surface area contributed by atoms with Gasteiger partial charge in [0.25, 0.3) is 20.4 Å². The Morgan fingerprint density at radius 3 is 1.25 bits per heavy atom. The molecule has 0 saturated carbocycles. The number of hydrogen-bond donors (Lipinski definition) is 2. The fourth-order valence-corrected chi connectivity index (χ4v) is 9.51. The Hall–Kier alpha value is -1.97. The topological polar surface area (TPSA) is 146 Å². The highest BCUT2D eigenvalue weighted by Crippen LogP contribution is 2.44. The normalized spacial score (nSPS) is 17.1. The third kappa shape index (κ3) is 11.0. The van der Waals surface area contributed by atoms with Gasteiger partial charge in [-0.25, -0.2) is 10.0 Å². The van der Waals surface area contributed by atoms with Crippen LogP contribution >= 0.6 is 58.2 Å². The molecule has 0 radical (unpaired) electrons. The lowest BCUT2D eigenvalue weighted by Gasteiger charge is -2.34. The van der Waals surface area contributed by atoms with Crippen molar-refractivity contribution in [3.05, 3.63) is 67.6 Å². The minimum Gasteiger partial charge on any atom is -0.337 e. The van der Waals surface area contributed by atoms with E-state index in [9.17, 15) is 26.4 Å². The lowest BCUT2D eigenvalue weighted by molar-refractivity contribution is -0.127. The minimum absolute atomic E-state index is 0.159. The smallest absolute Gasteiger partial charge is 0.292 e. The summed E-state index contributed by atoms with van der Waals surface area (Å²) < 4.78 is 52.1. The molecule has 0 atom stereocenters. The molecule has 2 N–H and O–H groups in total. The zero-order valence-corrected chi connectivity index (χ0v) is 33.6. The van der Waals surface area contributed by atoms with E-state index in [2.05, 4.69) is 9.66 Å². The molecule has 21 heteroatoms. The van der Waals surface area contributed by atoms with E-state index in [4.69, 9.17) is 46.4 Å². The molecular formula is C30H38Cl4N8O6S3. The van der Waals surface area contributed by atoms with Gasteiger partial charge in [-0.3, -0.25) is 9.59 Å². The lowest BCUT2D eigenvalue weighted by atomic mass is 10.2. The number of halogens is 4. The molecule has 2 aliphatic heterocycles. The van der Waals surface area contributed by atoms with Crippen molar-refractivity contribution in [2.75, 3.05) is 80.5 Å². The fourth-order valence-electron chi connectivity index (χ4n) is 5.03. The van der Waals surface area contributed by atoms with Crippen molar-refractivity contribution in [1.29, 1.82) is 0 Å². The first-order chi connectivity index (χ1) is 23.9. The van der Waals surface area contributed by atoms with E-state index in [1.54, 1.807) is 74.4 Å². The van der Waals surface area contributed by atoms with Gasteiger partial charge in [0.1, 0.15) is 0 Å². The molecule has 0 bridgehead atoms. The SMILES string of the molecule is CN(C)NS(=O)(=O)N1CCN(C(=O)/C=C/c2ccc(Sc3ccc(/C=C/C(=O)N4CCN(S(=O)(=O)NN(C)C)CC4)c(Cl)c3Cl)c(Cl)c2Cl)CC1. The Morgan fingerprint density at radius 1 is 0.608 bits per heavy atom. The number of carbonyl (C=O) groups excluding carboxylic acids is 2. The number of nitrogens with one attached hydrogen (secondary N) is 2. The third-order valence-electron chi connectivity index (χ3n) is 7.56. The monoisotopic (exact) mass is 842 g/mol. The average Bonchev–Trinajstić information content (AvgIpc) is 3.06. The molecule has 2 aliphatic rings. The van der Waals surface area contributed by atoms with Crippen molar-refractivity contribution in [2.24, 2.45) is 0 Å². The molecule has 2 fully saturated rings. The number of amides is 2. The van der Waals surface area contributed by atoms with Crippen LogP contribution in [0.4, 0.5) is 0 Å². The maximum absolute atomic E-state index is 12.8. The largest absolute Gasteiger partial charge is 0.337 e. The summed E-state index contributed by atoms with van der Waals surface area (Å²) in [5, 5.41) is 3.63. The van der Waals surface area contributed by atoms with E-state index in [-0.39, 0.29) is 84.3 Å². The highest BCUT2D eigenvalue weighted by atomic mass is 35.5. The Morgan fingerprint density at radius 2 is 0.941 bits per heavy atom. The van der Waals surface area contributed by atoms with Gasteiger partial charge in [-0.15, -0.1) is 9.66 Å². The standard InChI is InChI=1S/C30H38Cl4N8O6S3/c1-37(2)35-50(45,46)41-17-13-39(14-18-41)25(43)11-7-21-5-9-23(29(33)27(21)31)49-24-10-6-22(28(32)30(24)34)8-12-26(44)40-15-19-42(20-16-40)51(47,48)36-38(3)4/h5-12,35-36H,13-20H2,1-4H3/b11-7+,12-8+. The molecular weight excluding hydrogens is 806 g/mol. The van der Waals surface area contributed by atoms with Gasteiger partial charge in [0.2, 0.25) is 11.8 Å². The molecule has 0 spiro atoms. The van der Waals surface area contributed by atoms with Crippen molar-refractivity contribution in [3.63, 3.8) is 0 Å². The minimum atomic E-state index is -3.68. The quantitative estimate of drug-likeness (QED) is 0.243. The van der Waals surface area contributed by atoms with Gasteiger partial charge in [0, 0.05) is 102 Å². The van der Waals surface area contributed by atoms with Crippen molar-refractivity contribution < 1.29 is 26.4 Å². The van der Waals surface area contributed by atoms with E-state index in [1.807, 2.05) is 0 Å². The van der Waals surface area contributed by atoms with Gasteiger partial charge < -0.3 is 9.80 Å². The van der Waals surface area contributed by atoms with Crippen LogP contribution in [0, 0.1) is 0 Å². The van der Waals surface area contributed by atoms with E-state index in [0.29, 0.717) is 20.9 Å². The predicted octanol–water partition coefficient (Wildman–Crippen LogP) is 3.39. The Balaban J connectivity index is 1.35. The number of carbonyl (C=O) groups is 2. The van der Waals surface area contributed by atoms with Gasteiger partial charge in [0.05, 0.1) is 20.1 Å². The molecule has 14 nitrogen and oxygen atoms in total. The van der Waals surface area contributed by atoms with Crippen LogP contribution < -0.4 is 9.66 Å². The number of benzene rings is 2. The van der Waals surface area contributed by atoms with Crippen LogP contribution in [0.15, 0.2) is 46.2 Å². The Kier molecular flexibility index (Phi) is 14.7. The average molecular weight is 845 g/mol. The highest BCUT2D eigenvalue weighted by Gasteiger charge is 2.30. The maximum atomic E-state index is 12.8. The molecule has 2 aromatic carbocycles. The van der Waals surface area contributed by atoms with E-state index in [0.717, 1.165) is 0 Å². The Labute approximate surface area is 323 Å². The second kappa shape index (κ2) is 17.9. The second-order valence-corrected chi connectivity index (χ2v) is 17.7. The summed E-state index contributed by atoms with van der Waals surface area (Å²) in [6.07, 6.45) is 5.85. The van der Waals surface area contributed by atoms with Gasteiger partial charge in [0.15, 0.2) is 0 Å². The van der Waals surface area contributed by atoms with Crippen LogP contribution in [0.5, 0.6) is 0 Å². The first-order valence-corrected chi connectivity index (χ1v) is 20.6. The molecule has 2 saturated heterocycles. The summed E-state index contributed by atoms with van der Waals surface area (Å²) in [5.41, 5.74) is 1.02. The zero-order valence-electron chi connectivity index (χ0n) is 28.1. The van der Waals surface area contributed by atoms with Crippen LogP contribution in [-0.2, 0) is 30.0 Å². The lowest BCUT2D eigenvalue weighted by Crippen LogP contribution is -2.54. The van der Waals surface area contributed by atoms with Gasteiger partial charge in [-0.2, -0.15) is 25.4 Å². The molecule has 51 heavy (non-hydrogen) atoms. The first kappa shape index (κ1) is 41.8. The van der Waals surface area contributed by atoms with Crippen LogP contribution in [-0.4, -0.2) is 138 Å². The Bertz CT molecular complexity index is 1760. The molecule has 2 amide bonds. The van der Waals surface area contributed by atoms with Gasteiger partial charge >= 0.3 is 0 Å². The highest BCUT2D eigenvalue weighted by molar-refractivity contribution is 7.99. The molecule has 280 valence electrons.